The van der Waals surface area contributed by atoms with Crippen molar-refractivity contribution in [2.75, 3.05) is 0 Å². The molecule has 0 fully saturated rings. The third-order valence-electron chi connectivity index (χ3n) is 0.968. The molecule has 1 rings (SSSR count). The molecule has 0 aliphatic rings. The molecule has 0 atom stereocenters. The van der Waals surface area contributed by atoms with E-state index in [9.17, 15) is 4.57 Å². The largest absolute Gasteiger partial charge is 0.524 e. The molecule has 61 valence electrons. The Labute approximate surface area is 92.1 Å². The van der Waals surface area contributed by atoms with Gasteiger partial charge in [-0.3, -0.25) is 9.79 Å². The van der Waals surface area contributed by atoms with Crippen LogP contribution >= 0.6 is 7.82 Å². The van der Waals surface area contributed by atoms with Crippen LogP contribution in [0.5, 0.6) is 5.75 Å². The standard InChI is InChI=1S/C6H7O4P.Na/c7-11(8,9)10-6-4-2-1-3-5-6;/h1-5H,(H2,7,8,9);. The van der Waals surface area contributed by atoms with Gasteiger partial charge in [0.1, 0.15) is 5.75 Å². The van der Waals surface area contributed by atoms with Crippen LogP contribution in [0.2, 0.25) is 0 Å². The quantitative estimate of drug-likeness (QED) is 0.543. The van der Waals surface area contributed by atoms with Gasteiger partial charge in [-0.15, -0.1) is 0 Å². The zero-order valence-electron chi connectivity index (χ0n) is 6.54. The fourth-order valence-electron chi connectivity index (χ4n) is 0.619. The Kier molecular flexibility index (Phi) is 5.09. The maximum absolute atomic E-state index is 10.3. The molecule has 2 N–H and O–H groups in total. The third-order valence-corrected chi connectivity index (χ3v) is 1.42. The monoisotopic (exact) mass is 197 g/mol. The molecule has 0 saturated carbocycles. The van der Waals surface area contributed by atoms with E-state index in [2.05, 4.69) is 4.52 Å². The summed E-state index contributed by atoms with van der Waals surface area (Å²) >= 11 is 0. The summed E-state index contributed by atoms with van der Waals surface area (Å²) in [5.41, 5.74) is 0. The molecule has 4 nitrogen and oxygen atoms in total. The first-order valence-corrected chi connectivity index (χ1v) is 4.41. The van der Waals surface area contributed by atoms with Crippen molar-refractivity contribution in [1.82, 2.24) is 0 Å². The van der Waals surface area contributed by atoms with E-state index in [0.717, 1.165) is 0 Å². The molecule has 0 aromatic heterocycles. The Bertz CT molecular complexity index is 270. The molecule has 0 aliphatic carbocycles. The van der Waals surface area contributed by atoms with Crippen molar-refractivity contribution in [2.45, 2.75) is 0 Å². The van der Waals surface area contributed by atoms with Crippen molar-refractivity contribution in [3.63, 3.8) is 0 Å². The molecular weight excluding hydrogens is 190 g/mol. The van der Waals surface area contributed by atoms with Gasteiger partial charge in [-0.25, -0.2) is 4.57 Å². The minimum Gasteiger partial charge on any atom is -0.404 e. The second-order valence-electron chi connectivity index (χ2n) is 1.89. The molecule has 0 unspecified atom stereocenters. The van der Waals surface area contributed by atoms with E-state index in [1.54, 1.807) is 18.2 Å². The van der Waals surface area contributed by atoms with Crippen LogP contribution in [-0.4, -0.2) is 39.3 Å². The Balaban J connectivity index is 0.00000121. The molecule has 0 aliphatic heterocycles. The van der Waals surface area contributed by atoms with E-state index in [4.69, 9.17) is 9.79 Å². The van der Waals surface area contributed by atoms with Gasteiger partial charge in [-0.2, -0.15) is 0 Å². The van der Waals surface area contributed by atoms with Gasteiger partial charge in [-0.1, -0.05) is 18.2 Å². The normalized spacial score (nSPS) is 10.2. The molecule has 0 spiro atoms. The van der Waals surface area contributed by atoms with Crippen LogP contribution in [0.15, 0.2) is 30.3 Å². The van der Waals surface area contributed by atoms with Gasteiger partial charge >= 0.3 is 7.82 Å². The summed E-state index contributed by atoms with van der Waals surface area (Å²) in [6.45, 7) is 0. The number of benzene rings is 1. The zero-order valence-corrected chi connectivity index (χ0v) is 9.44. The average Bonchev–Trinajstić information content (AvgIpc) is 1.85. The minimum absolute atomic E-state index is 0. The van der Waals surface area contributed by atoms with Crippen molar-refractivity contribution >= 4 is 37.4 Å². The molecule has 1 aromatic rings. The molecule has 0 bridgehead atoms. The first kappa shape index (κ1) is 12.2. The van der Waals surface area contributed by atoms with Gasteiger partial charge in [0.25, 0.3) is 0 Å². The van der Waals surface area contributed by atoms with Crippen LogP contribution in [0.25, 0.3) is 0 Å². The smallest absolute Gasteiger partial charge is 0.404 e. The first-order chi connectivity index (χ1) is 5.08. The Hall–Kier alpha value is 0.170. The zero-order chi connectivity index (χ0) is 8.32. The number of phosphoric ester groups is 1. The van der Waals surface area contributed by atoms with Crippen molar-refractivity contribution in [1.29, 1.82) is 0 Å². The molecule has 1 aromatic carbocycles. The maximum Gasteiger partial charge on any atom is 0.524 e. The minimum atomic E-state index is -4.39. The average molecular weight is 197 g/mol. The van der Waals surface area contributed by atoms with Gasteiger partial charge in [0.15, 0.2) is 0 Å². The molecule has 6 heteroatoms. The van der Waals surface area contributed by atoms with Gasteiger partial charge in [0.05, 0.1) is 0 Å². The predicted octanol–water partition coefficient (Wildman–Crippen LogP) is 0.777. The summed E-state index contributed by atoms with van der Waals surface area (Å²) in [5, 5.41) is 0. The number of hydrogen-bond donors (Lipinski definition) is 2. The van der Waals surface area contributed by atoms with E-state index in [1.165, 1.54) is 12.1 Å². The summed E-state index contributed by atoms with van der Waals surface area (Å²) in [6.07, 6.45) is 0. The van der Waals surface area contributed by atoms with E-state index in [-0.39, 0.29) is 35.3 Å². The third kappa shape index (κ3) is 4.93. The molecule has 1 radical (unpaired) electrons. The van der Waals surface area contributed by atoms with E-state index < -0.39 is 7.82 Å². The van der Waals surface area contributed by atoms with E-state index >= 15 is 0 Å². The number of phosphoric acid groups is 1. The Morgan fingerprint density at radius 3 is 2.08 bits per heavy atom. The molecule has 0 heterocycles. The van der Waals surface area contributed by atoms with Crippen LogP contribution in [0.4, 0.5) is 0 Å². The van der Waals surface area contributed by atoms with Crippen LogP contribution in [0.3, 0.4) is 0 Å². The van der Waals surface area contributed by atoms with Crippen LogP contribution < -0.4 is 4.52 Å². The molecule has 0 amide bonds. The van der Waals surface area contributed by atoms with Crippen LogP contribution in [0.1, 0.15) is 0 Å². The number of rotatable bonds is 2. The first-order valence-electron chi connectivity index (χ1n) is 2.88. The van der Waals surface area contributed by atoms with Crippen LogP contribution in [0, 0.1) is 0 Å². The number of para-hydroxylation sites is 1. The van der Waals surface area contributed by atoms with Crippen molar-refractivity contribution < 1.29 is 18.9 Å². The van der Waals surface area contributed by atoms with Crippen LogP contribution in [-0.2, 0) is 4.57 Å². The van der Waals surface area contributed by atoms with Gasteiger partial charge in [-0.05, 0) is 12.1 Å². The summed E-state index contributed by atoms with van der Waals surface area (Å²) in [6, 6.07) is 7.93. The van der Waals surface area contributed by atoms with Crippen molar-refractivity contribution in [3.05, 3.63) is 30.3 Å². The van der Waals surface area contributed by atoms with Crippen molar-refractivity contribution in [3.8, 4) is 5.75 Å². The molecular formula is C6H7NaO4P. The van der Waals surface area contributed by atoms with Gasteiger partial charge in [0, 0.05) is 29.6 Å². The summed E-state index contributed by atoms with van der Waals surface area (Å²) in [7, 11) is -4.39. The summed E-state index contributed by atoms with van der Waals surface area (Å²) in [4.78, 5) is 16.7. The fraction of sp³-hybridized carbons (Fsp3) is 0. The topological polar surface area (TPSA) is 66.8 Å². The molecule has 0 saturated heterocycles. The van der Waals surface area contributed by atoms with Gasteiger partial charge in [0.2, 0.25) is 0 Å². The van der Waals surface area contributed by atoms with E-state index in [0.29, 0.717) is 0 Å². The second-order valence-corrected chi connectivity index (χ2v) is 3.06. The van der Waals surface area contributed by atoms with E-state index in [1.807, 2.05) is 0 Å². The second kappa shape index (κ2) is 5.02. The summed E-state index contributed by atoms with van der Waals surface area (Å²) in [5.74, 6) is 0.167. The summed E-state index contributed by atoms with van der Waals surface area (Å²) < 4.78 is 14.5. The fourth-order valence-corrected chi connectivity index (χ4v) is 1.02. The maximum atomic E-state index is 10.3. The predicted molar refractivity (Wildman–Crippen MR) is 44.9 cm³/mol. The Morgan fingerprint density at radius 1 is 1.17 bits per heavy atom. The number of hydrogen-bond acceptors (Lipinski definition) is 2. The SMILES string of the molecule is O=P(O)(O)Oc1ccccc1.[Na]. The Morgan fingerprint density at radius 2 is 1.67 bits per heavy atom. The molecule has 12 heavy (non-hydrogen) atoms. The van der Waals surface area contributed by atoms with Crippen molar-refractivity contribution in [2.24, 2.45) is 0 Å². The van der Waals surface area contributed by atoms with Gasteiger partial charge < -0.3 is 4.52 Å².